The molecule has 0 aromatic carbocycles. The minimum absolute atomic E-state index is 0.147. The molecule has 0 saturated heterocycles. The average Bonchev–Trinajstić information content (AvgIpc) is 2.48. The minimum atomic E-state index is -0.967. The molecule has 0 aliphatic heterocycles. The molecule has 5 heteroatoms. The SMILES string of the molecule is CCCSc1ncc(C(=O)O)[nH]1. The van der Waals surface area contributed by atoms with Crippen LogP contribution in [0.3, 0.4) is 0 Å². The molecule has 1 rings (SSSR count). The molecule has 0 radical (unpaired) electrons. The van der Waals surface area contributed by atoms with Gasteiger partial charge in [0.25, 0.3) is 0 Å². The molecule has 0 aliphatic rings. The van der Waals surface area contributed by atoms with E-state index in [1.165, 1.54) is 18.0 Å². The van der Waals surface area contributed by atoms with E-state index in [0.717, 1.165) is 12.2 Å². The molecule has 4 nitrogen and oxygen atoms in total. The van der Waals surface area contributed by atoms with Crippen molar-refractivity contribution in [2.24, 2.45) is 0 Å². The van der Waals surface area contributed by atoms with Crippen LogP contribution >= 0.6 is 11.8 Å². The van der Waals surface area contributed by atoms with Crippen molar-refractivity contribution in [1.82, 2.24) is 9.97 Å². The molecule has 2 N–H and O–H groups in total. The Bertz CT molecular complexity index is 272. The van der Waals surface area contributed by atoms with E-state index in [0.29, 0.717) is 5.16 Å². The van der Waals surface area contributed by atoms with Crippen LogP contribution in [0.1, 0.15) is 23.8 Å². The Morgan fingerprint density at radius 1 is 1.83 bits per heavy atom. The molecule has 0 spiro atoms. The minimum Gasteiger partial charge on any atom is -0.477 e. The quantitative estimate of drug-likeness (QED) is 0.701. The molecule has 12 heavy (non-hydrogen) atoms. The van der Waals surface area contributed by atoms with E-state index in [1.807, 2.05) is 0 Å². The van der Waals surface area contributed by atoms with Gasteiger partial charge in [-0.1, -0.05) is 18.7 Å². The molecular formula is C7H10N2O2S. The number of aromatic nitrogens is 2. The molecule has 0 fully saturated rings. The highest BCUT2D eigenvalue weighted by molar-refractivity contribution is 7.99. The van der Waals surface area contributed by atoms with Gasteiger partial charge in [-0.15, -0.1) is 0 Å². The summed E-state index contributed by atoms with van der Waals surface area (Å²) >= 11 is 1.53. The van der Waals surface area contributed by atoms with Crippen LogP contribution in [0.2, 0.25) is 0 Å². The maximum absolute atomic E-state index is 10.4. The second kappa shape index (κ2) is 4.15. The van der Waals surface area contributed by atoms with Crippen LogP contribution in [-0.2, 0) is 0 Å². The van der Waals surface area contributed by atoms with Crippen molar-refractivity contribution < 1.29 is 9.90 Å². The smallest absolute Gasteiger partial charge is 0.353 e. The molecule has 0 unspecified atom stereocenters. The molecule has 66 valence electrons. The number of H-pyrrole nitrogens is 1. The largest absolute Gasteiger partial charge is 0.477 e. The fourth-order valence-electron chi connectivity index (χ4n) is 0.684. The Hall–Kier alpha value is -0.970. The third kappa shape index (κ3) is 2.27. The van der Waals surface area contributed by atoms with Crippen LogP contribution in [0.5, 0.6) is 0 Å². The first-order valence-corrected chi connectivity index (χ1v) is 4.63. The Morgan fingerprint density at radius 2 is 2.58 bits per heavy atom. The molecule has 0 saturated carbocycles. The van der Waals surface area contributed by atoms with Crippen LogP contribution in [0.4, 0.5) is 0 Å². The van der Waals surface area contributed by atoms with Crippen molar-refractivity contribution in [3.63, 3.8) is 0 Å². The van der Waals surface area contributed by atoms with Crippen molar-refractivity contribution in [2.45, 2.75) is 18.5 Å². The monoisotopic (exact) mass is 186 g/mol. The van der Waals surface area contributed by atoms with E-state index in [2.05, 4.69) is 16.9 Å². The standard InChI is InChI=1S/C7H10N2O2S/c1-2-3-12-7-8-4-5(9-7)6(10)11/h4H,2-3H2,1H3,(H,8,9)(H,10,11). The number of carbonyl (C=O) groups is 1. The number of hydrogen-bond acceptors (Lipinski definition) is 3. The first-order valence-electron chi connectivity index (χ1n) is 3.65. The van der Waals surface area contributed by atoms with Crippen LogP contribution in [-0.4, -0.2) is 26.8 Å². The number of hydrogen-bond donors (Lipinski definition) is 2. The van der Waals surface area contributed by atoms with Gasteiger partial charge >= 0.3 is 5.97 Å². The van der Waals surface area contributed by atoms with Gasteiger partial charge in [0.05, 0.1) is 6.20 Å². The molecule has 0 aliphatic carbocycles. The van der Waals surface area contributed by atoms with E-state index < -0.39 is 5.97 Å². The lowest BCUT2D eigenvalue weighted by atomic mass is 10.5. The van der Waals surface area contributed by atoms with Crippen LogP contribution in [0, 0.1) is 0 Å². The number of imidazole rings is 1. The summed E-state index contributed by atoms with van der Waals surface area (Å²) in [5.74, 6) is -0.0158. The molecule has 1 heterocycles. The number of nitrogens with one attached hydrogen (secondary N) is 1. The lowest BCUT2D eigenvalue weighted by Crippen LogP contribution is -1.95. The predicted molar refractivity (Wildman–Crippen MR) is 46.6 cm³/mol. The van der Waals surface area contributed by atoms with Gasteiger partial charge in [0.2, 0.25) is 0 Å². The topological polar surface area (TPSA) is 66.0 Å². The van der Waals surface area contributed by atoms with Crippen molar-refractivity contribution in [1.29, 1.82) is 0 Å². The summed E-state index contributed by atoms with van der Waals surface area (Å²) in [7, 11) is 0. The van der Waals surface area contributed by atoms with E-state index in [9.17, 15) is 4.79 Å². The molecule has 1 aromatic rings. The Balaban J connectivity index is 2.58. The van der Waals surface area contributed by atoms with Gasteiger partial charge in [-0.25, -0.2) is 9.78 Å². The normalized spacial score (nSPS) is 10.1. The van der Waals surface area contributed by atoms with Crippen molar-refractivity contribution >= 4 is 17.7 Å². The summed E-state index contributed by atoms with van der Waals surface area (Å²) in [6, 6.07) is 0. The number of nitrogens with zero attached hydrogens (tertiary/aromatic N) is 1. The Kier molecular flexibility index (Phi) is 3.16. The average molecular weight is 186 g/mol. The first kappa shape index (κ1) is 9.12. The van der Waals surface area contributed by atoms with Crippen LogP contribution < -0.4 is 0 Å². The van der Waals surface area contributed by atoms with E-state index in [-0.39, 0.29) is 5.69 Å². The van der Waals surface area contributed by atoms with E-state index >= 15 is 0 Å². The zero-order valence-electron chi connectivity index (χ0n) is 6.70. The molecule has 1 aromatic heterocycles. The summed E-state index contributed by atoms with van der Waals surface area (Å²) in [5, 5.41) is 9.22. The number of aromatic carboxylic acids is 1. The van der Waals surface area contributed by atoms with Gasteiger partial charge in [-0.05, 0) is 6.42 Å². The van der Waals surface area contributed by atoms with Gasteiger partial charge in [0.15, 0.2) is 5.16 Å². The van der Waals surface area contributed by atoms with Gasteiger partial charge in [-0.3, -0.25) is 0 Å². The number of carboxylic acids is 1. The summed E-state index contributed by atoms with van der Waals surface area (Å²) in [6.07, 6.45) is 2.38. The molecule has 0 bridgehead atoms. The summed E-state index contributed by atoms with van der Waals surface area (Å²) < 4.78 is 0. The Labute approximate surface area is 74.4 Å². The second-order valence-electron chi connectivity index (χ2n) is 2.26. The number of aromatic amines is 1. The third-order valence-electron chi connectivity index (χ3n) is 1.23. The summed E-state index contributed by atoms with van der Waals surface area (Å²) in [6.45, 7) is 2.06. The first-order chi connectivity index (χ1) is 5.74. The van der Waals surface area contributed by atoms with Gasteiger partial charge in [-0.2, -0.15) is 0 Å². The fraction of sp³-hybridized carbons (Fsp3) is 0.429. The second-order valence-corrected chi connectivity index (χ2v) is 3.34. The van der Waals surface area contributed by atoms with Gasteiger partial charge in [0, 0.05) is 5.75 Å². The number of thioether (sulfide) groups is 1. The van der Waals surface area contributed by atoms with Gasteiger partial charge in [0.1, 0.15) is 5.69 Å². The lowest BCUT2D eigenvalue weighted by molar-refractivity contribution is 0.0690. The molecule has 0 amide bonds. The van der Waals surface area contributed by atoms with Crippen molar-refractivity contribution in [3.8, 4) is 0 Å². The van der Waals surface area contributed by atoms with Gasteiger partial charge < -0.3 is 10.1 Å². The number of rotatable bonds is 4. The Morgan fingerprint density at radius 3 is 3.08 bits per heavy atom. The zero-order chi connectivity index (χ0) is 8.97. The lowest BCUT2D eigenvalue weighted by Gasteiger charge is -1.91. The number of carboxylic acid groups (broad SMARTS) is 1. The maximum atomic E-state index is 10.4. The third-order valence-corrected chi connectivity index (χ3v) is 2.32. The van der Waals surface area contributed by atoms with E-state index in [4.69, 9.17) is 5.11 Å². The van der Waals surface area contributed by atoms with Crippen LogP contribution in [0.25, 0.3) is 0 Å². The fourth-order valence-corrected chi connectivity index (χ4v) is 1.39. The zero-order valence-corrected chi connectivity index (χ0v) is 7.52. The highest BCUT2D eigenvalue weighted by Gasteiger charge is 2.06. The highest BCUT2D eigenvalue weighted by atomic mass is 32.2. The van der Waals surface area contributed by atoms with E-state index in [1.54, 1.807) is 0 Å². The van der Waals surface area contributed by atoms with Crippen molar-refractivity contribution in [2.75, 3.05) is 5.75 Å². The van der Waals surface area contributed by atoms with Crippen LogP contribution in [0.15, 0.2) is 11.4 Å². The summed E-state index contributed by atoms with van der Waals surface area (Å²) in [4.78, 5) is 17.0. The molecular weight excluding hydrogens is 176 g/mol. The summed E-state index contributed by atoms with van der Waals surface area (Å²) in [5.41, 5.74) is 0.147. The molecule has 0 atom stereocenters. The van der Waals surface area contributed by atoms with Crippen molar-refractivity contribution in [3.05, 3.63) is 11.9 Å². The maximum Gasteiger partial charge on any atom is 0.353 e. The predicted octanol–water partition coefficient (Wildman–Crippen LogP) is 1.61. The highest BCUT2D eigenvalue weighted by Crippen LogP contribution is 2.14.